The van der Waals surface area contributed by atoms with Gasteiger partial charge in [0, 0.05) is 11.6 Å². The van der Waals surface area contributed by atoms with E-state index >= 15 is 0 Å². The molecule has 0 saturated heterocycles. The second-order valence-electron chi connectivity index (χ2n) is 5.83. The van der Waals surface area contributed by atoms with Crippen molar-refractivity contribution in [3.05, 3.63) is 29.8 Å². The van der Waals surface area contributed by atoms with Crippen LogP contribution in [-0.4, -0.2) is 37.7 Å². The van der Waals surface area contributed by atoms with E-state index in [-0.39, 0.29) is 0 Å². The Morgan fingerprint density at radius 2 is 1.95 bits per heavy atom. The van der Waals surface area contributed by atoms with E-state index in [0.717, 1.165) is 12.4 Å². The molecular formula is C16H26N2O. The summed E-state index contributed by atoms with van der Waals surface area (Å²) in [5.74, 6) is 1.66. The maximum atomic E-state index is 5.94. The third-order valence-corrected chi connectivity index (χ3v) is 4.49. The Bertz CT molecular complexity index is 419. The van der Waals surface area contributed by atoms with E-state index in [1.54, 1.807) is 0 Å². The highest BCUT2D eigenvalue weighted by molar-refractivity contribution is 5.38. The number of rotatable bonds is 4. The molecule has 1 heterocycles. The van der Waals surface area contributed by atoms with Crippen molar-refractivity contribution in [1.29, 1.82) is 0 Å². The van der Waals surface area contributed by atoms with Crippen LogP contribution in [0.1, 0.15) is 32.4 Å². The molecule has 3 atom stereocenters. The van der Waals surface area contributed by atoms with Crippen LogP contribution in [-0.2, 0) is 0 Å². The first kappa shape index (κ1) is 14.4. The minimum Gasteiger partial charge on any atom is -0.492 e. The molecular weight excluding hydrogens is 236 g/mol. The van der Waals surface area contributed by atoms with E-state index in [2.05, 4.69) is 56.2 Å². The summed E-state index contributed by atoms with van der Waals surface area (Å²) in [5, 5.41) is 3.46. The minimum absolute atomic E-state index is 0.330. The third kappa shape index (κ3) is 2.77. The van der Waals surface area contributed by atoms with Crippen LogP contribution in [0.5, 0.6) is 5.75 Å². The summed E-state index contributed by atoms with van der Waals surface area (Å²) in [6.45, 7) is 7.58. The zero-order chi connectivity index (χ0) is 14.0. The molecule has 3 heteroatoms. The molecule has 0 fully saturated rings. The Morgan fingerprint density at radius 3 is 2.58 bits per heavy atom. The van der Waals surface area contributed by atoms with Crippen LogP contribution < -0.4 is 10.1 Å². The lowest BCUT2D eigenvalue weighted by Crippen LogP contribution is -2.52. The number of benzene rings is 1. The Balaban J connectivity index is 2.24. The fraction of sp³-hybridized carbons (Fsp3) is 0.625. The molecule has 2 rings (SSSR count). The van der Waals surface area contributed by atoms with Gasteiger partial charge in [-0.3, -0.25) is 4.90 Å². The van der Waals surface area contributed by atoms with E-state index in [0.29, 0.717) is 24.0 Å². The van der Waals surface area contributed by atoms with Crippen LogP contribution in [0, 0.1) is 5.92 Å². The molecule has 0 bridgehead atoms. The highest BCUT2D eigenvalue weighted by Gasteiger charge is 2.34. The topological polar surface area (TPSA) is 24.5 Å². The lowest BCUT2D eigenvalue weighted by molar-refractivity contribution is 0.0658. The molecule has 1 N–H and O–H groups in total. The number of nitrogens with one attached hydrogen (secondary N) is 1. The quantitative estimate of drug-likeness (QED) is 0.903. The van der Waals surface area contributed by atoms with Crippen LogP contribution >= 0.6 is 0 Å². The van der Waals surface area contributed by atoms with Gasteiger partial charge < -0.3 is 10.1 Å². The van der Waals surface area contributed by atoms with Gasteiger partial charge in [-0.25, -0.2) is 0 Å². The number of ether oxygens (including phenoxy) is 1. The second-order valence-corrected chi connectivity index (χ2v) is 5.83. The number of nitrogens with zero attached hydrogens (tertiary/aromatic N) is 1. The maximum Gasteiger partial charge on any atom is 0.124 e. The molecule has 1 aliphatic rings. The summed E-state index contributed by atoms with van der Waals surface area (Å²) in [5.41, 5.74) is 1.27. The molecule has 0 spiro atoms. The summed E-state index contributed by atoms with van der Waals surface area (Å²) < 4.78 is 5.94. The van der Waals surface area contributed by atoms with Crippen LogP contribution in [0.15, 0.2) is 24.3 Å². The first-order valence-electron chi connectivity index (χ1n) is 7.17. The molecule has 0 radical (unpaired) electrons. The van der Waals surface area contributed by atoms with Crippen LogP contribution in [0.2, 0.25) is 0 Å². The zero-order valence-electron chi connectivity index (χ0n) is 12.7. The molecule has 1 aromatic rings. The van der Waals surface area contributed by atoms with Gasteiger partial charge in [-0.05, 0) is 33.0 Å². The van der Waals surface area contributed by atoms with E-state index in [1.807, 2.05) is 13.1 Å². The first-order valence-corrected chi connectivity index (χ1v) is 7.17. The smallest absolute Gasteiger partial charge is 0.124 e. The zero-order valence-corrected chi connectivity index (χ0v) is 12.7. The van der Waals surface area contributed by atoms with Gasteiger partial charge in [0.05, 0.1) is 12.1 Å². The Hall–Kier alpha value is -1.06. The molecule has 0 aliphatic carbocycles. The minimum atomic E-state index is 0.330. The van der Waals surface area contributed by atoms with Gasteiger partial charge in [-0.1, -0.05) is 32.0 Å². The molecule has 3 unspecified atom stereocenters. The van der Waals surface area contributed by atoms with Crippen molar-refractivity contribution in [3.63, 3.8) is 0 Å². The largest absolute Gasteiger partial charge is 0.492 e. The summed E-state index contributed by atoms with van der Waals surface area (Å²) in [7, 11) is 4.24. The number of para-hydroxylation sites is 1. The standard InChI is InChI=1S/C16H26N2O/c1-11(2)12(3)18(5)14-10-19-15-9-7-6-8-13(15)16(14)17-4/h6-9,11-12,14,16-17H,10H2,1-5H3. The predicted octanol–water partition coefficient (Wildman–Crippen LogP) is 2.68. The van der Waals surface area contributed by atoms with Gasteiger partial charge in [-0.2, -0.15) is 0 Å². The van der Waals surface area contributed by atoms with E-state index in [9.17, 15) is 0 Å². The fourth-order valence-electron chi connectivity index (χ4n) is 2.82. The molecule has 3 nitrogen and oxygen atoms in total. The lowest BCUT2D eigenvalue weighted by Gasteiger charge is -2.42. The molecule has 106 valence electrons. The highest BCUT2D eigenvalue weighted by Crippen LogP contribution is 2.34. The van der Waals surface area contributed by atoms with Crippen LogP contribution in [0.4, 0.5) is 0 Å². The Labute approximate surface area is 116 Å². The van der Waals surface area contributed by atoms with Gasteiger partial charge in [0.15, 0.2) is 0 Å². The molecule has 0 amide bonds. The average molecular weight is 262 g/mol. The van der Waals surface area contributed by atoms with Gasteiger partial charge in [-0.15, -0.1) is 0 Å². The van der Waals surface area contributed by atoms with Gasteiger partial charge in [0.1, 0.15) is 12.4 Å². The van der Waals surface area contributed by atoms with Crippen LogP contribution in [0.25, 0.3) is 0 Å². The maximum absolute atomic E-state index is 5.94. The van der Waals surface area contributed by atoms with Crippen LogP contribution in [0.3, 0.4) is 0 Å². The average Bonchev–Trinajstić information content (AvgIpc) is 2.44. The van der Waals surface area contributed by atoms with Crippen molar-refractivity contribution in [2.75, 3.05) is 20.7 Å². The first-order chi connectivity index (χ1) is 9.06. The second kappa shape index (κ2) is 5.93. The molecule has 0 saturated carbocycles. The third-order valence-electron chi connectivity index (χ3n) is 4.49. The number of hydrogen-bond acceptors (Lipinski definition) is 3. The SMILES string of the molecule is CNC1c2ccccc2OCC1N(C)C(C)C(C)C. The number of fused-ring (bicyclic) bond motifs is 1. The van der Waals surface area contributed by atoms with Crippen molar-refractivity contribution in [2.24, 2.45) is 5.92 Å². The van der Waals surface area contributed by atoms with Gasteiger partial charge >= 0.3 is 0 Å². The normalized spacial score (nSPS) is 24.2. The van der Waals surface area contributed by atoms with Crippen molar-refractivity contribution < 1.29 is 4.74 Å². The molecule has 0 aromatic heterocycles. The van der Waals surface area contributed by atoms with E-state index < -0.39 is 0 Å². The predicted molar refractivity (Wildman–Crippen MR) is 79.6 cm³/mol. The monoisotopic (exact) mass is 262 g/mol. The Kier molecular flexibility index (Phi) is 4.48. The lowest BCUT2D eigenvalue weighted by atomic mass is 9.93. The number of hydrogen-bond donors (Lipinski definition) is 1. The summed E-state index contributed by atoms with van der Waals surface area (Å²) >= 11 is 0. The van der Waals surface area contributed by atoms with E-state index in [1.165, 1.54) is 5.56 Å². The molecule has 1 aliphatic heterocycles. The highest BCUT2D eigenvalue weighted by atomic mass is 16.5. The summed E-state index contributed by atoms with van der Waals surface area (Å²) in [4.78, 5) is 2.45. The number of likely N-dealkylation sites (N-methyl/N-ethyl adjacent to an activating group) is 2. The van der Waals surface area contributed by atoms with Crippen molar-refractivity contribution in [3.8, 4) is 5.75 Å². The van der Waals surface area contributed by atoms with Crippen molar-refractivity contribution >= 4 is 0 Å². The van der Waals surface area contributed by atoms with Gasteiger partial charge in [0.2, 0.25) is 0 Å². The van der Waals surface area contributed by atoms with Crippen molar-refractivity contribution in [2.45, 2.75) is 38.9 Å². The molecule has 19 heavy (non-hydrogen) atoms. The fourth-order valence-corrected chi connectivity index (χ4v) is 2.82. The summed E-state index contributed by atoms with van der Waals surface area (Å²) in [6.07, 6.45) is 0. The Morgan fingerprint density at radius 1 is 1.26 bits per heavy atom. The molecule has 1 aromatic carbocycles. The summed E-state index contributed by atoms with van der Waals surface area (Å²) in [6, 6.07) is 9.58. The van der Waals surface area contributed by atoms with Gasteiger partial charge in [0.25, 0.3) is 0 Å². The van der Waals surface area contributed by atoms with Crippen molar-refractivity contribution in [1.82, 2.24) is 10.2 Å². The van der Waals surface area contributed by atoms with E-state index in [4.69, 9.17) is 4.74 Å².